The Balaban J connectivity index is 1.75. The molecule has 0 bridgehead atoms. The number of benzene rings is 1. The van der Waals surface area contributed by atoms with Crippen LogP contribution in [-0.2, 0) is 13.5 Å². The molecule has 0 unspecified atom stereocenters. The molecule has 0 fully saturated rings. The molecule has 0 saturated carbocycles. The second-order valence-corrected chi connectivity index (χ2v) is 6.36. The molecule has 3 aromatic rings. The highest BCUT2D eigenvalue weighted by atomic mass is 16.3. The highest BCUT2D eigenvalue weighted by Crippen LogP contribution is 2.25. The van der Waals surface area contributed by atoms with Gasteiger partial charge in [-0.2, -0.15) is 0 Å². The fourth-order valence-electron chi connectivity index (χ4n) is 2.94. The van der Waals surface area contributed by atoms with Crippen LogP contribution >= 0.6 is 0 Å². The van der Waals surface area contributed by atoms with Gasteiger partial charge in [-0.3, -0.25) is 4.79 Å². The highest BCUT2D eigenvalue weighted by molar-refractivity contribution is 5.93. The summed E-state index contributed by atoms with van der Waals surface area (Å²) in [5, 5.41) is 10.7. The van der Waals surface area contributed by atoms with E-state index in [4.69, 9.17) is 10.2 Å². The summed E-state index contributed by atoms with van der Waals surface area (Å²) in [4.78, 5) is 12.6. The Kier molecular flexibility index (Phi) is 5.18. The predicted octanol–water partition coefficient (Wildman–Crippen LogP) is 1.99. The van der Waals surface area contributed by atoms with Gasteiger partial charge >= 0.3 is 0 Å². The maximum atomic E-state index is 12.6. The van der Waals surface area contributed by atoms with E-state index in [2.05, 4.69) is 34.7 Å². The molecule has 3 N–H and O–H groups in total. The molecule has 7 nitrogen and oxygen atoms in total. The van der Waals surface area contributed by atoms with Crippen LogP contribution < -0.4 is 11.1 Å². The van der Waals surface area contributed by atoms with Crippen molar-refractivity contribution in [2.75, 3.05) is 6.54 Å². The van der Waals surface area contributed by atoms with Gasteiger partial charge in [-0.25, -0.2) is 4.68 Å². The van der Waals surface area contributed by atoms with Crippen LogP contribution in [0, 0.1) is 13.8 Å². The minimum atomic E-state index is -0.279. The molecule has 2 heterocycles. The van der Waals surface area contributed by atoms with E-state index < -0.39 is 0 Å². The quantitative estimate of drug-likeness (QED) is 0.706. The molecule has 26 heavy (non-hydrogen) atoms. The van der Waals surface area contributed by atoms with Crippen molar-refractivity contribution in [3.63, 3.8) is 0 Å². The first-order chi connectivity index (χ1) is 12.5. The third-order valence-electron chi connectivity index (χ3n) is 4.48. The second-order valence-electron chi connectivity index (χ2n) is 6.36. The first kappa shape index (κ1) is 17.9. The maximum Gasteiger partial charge on any atom is 0.287 e. The normalized spacial score (nSPS) is 12.2. The average Bonchev–Trinajstić information content (AvgIpc) is 3.21. The molecule has 0 aliphatic carbocycles. The molecule has 136 valence electrons. The number of nitrogens with one attached hydrogen (secondary N) is 1. The van der Waals surface area contributed by atoms with Crippen molar-refractivity contribution in [2.45, 2.75) is 26.3 Å². The molecular weight excluding hydrogens is 330 g/mol. The monoisotopic (exact) mass is 353 g/mol. The van der Waals surface area contributed by atoms with E-state index in [-0.39, 0.29) is 17.7 Å². The van der Waals surface area contributed by atoms with Gasteiger partial charge in [-0.15, -0.1) is 5.10 Å². The van der Waals surface area contributed by atoms with Crippen molar-refractivity contribution in [3.8, 4) is 11.3 Å². The number of nitrogens with two attached hydrogens (primary N) is 1. The van der Waals surface area contributed by atoms with Gasteiger partial charge in [0.25, 0.3) is 5.91 Å². The van der Waals surface area contributed by atoms with E-state index in [0.717, 1.165) is 11.3 Å². The standard InChI is InChI=1S/C19H23N5O2/c1-12-6-4-5-7-14(12)8-15(10-20)22-19(25)18-9-16(13(2)26-18)17-11-21-23-24(17)3/h4-7,9,11,15H,8,10,20H2,1-3H3,(H,22,25)/t15-/m0/s1. The molecule has 0 radical (unpaired) electrons. The Hall–Kier alpha value is -2.93. The number of hydrogen-bond acceptors (Lipinski definition) is 5. The second kappa shape index (κ2) is 7.53. The van der Waals surface area contributed by atoms with Crippen LogP contribution in [0.15, 0.2) is 40.9 Å². The third-order valence-corrected chi connectivity index (χ3v) is 4.48. The van der Waals surface area contributed by atoms with Gasteiger partial charge < -0.3 is 15.5 Å². The van der Waals surface area contributed by atoms with Crippen LogP contribution in [0.1, 0.15) is 27.4 Å². The van der Waals surface area contributed by atoms with Gasteiger partial charge in [0, 0.05) is 25.2 Å². The predicted molar refractivity (Wildman–Crippen MR) is 98.6 cm³/mol. The summed E-state index contributed by atoms with van der Waals surface area (Å²) in [6.45, 7) is 4.21. The Labute approximate surface area is 152 Å². The van der Waals surface area contributed by atoms with Crippen molar-refractivity contribution in [3.05, 3.63) is 59.2 Å². The van der Waals surface area contributed by atoms with Gasteiger partial charge in [-0.05, 0) is 37.5 Å². The minimum absolute atomic E-state index is 0.171. The van der Waals surface area contributed by atoms with Crippen molar-refractivity contribution in [2.24, 2.45) is 12.8 Å². The summed E-state index contributed by atoms with van der Waals surface area (Å²) in [5.74, 6) is 0.615. The largest absolute Gasteiger partial charge is 0.455 e. The van der Waals surface area contributed by atoms with Gasteiger partial charge in [0.1, 0.15) is 5.76 Å². The first-order valence-corrected chi connectivity index (χ1v) is 8.50. The fraction of sp³-hybridized carbons (Fsp3) is 0.316. The number of nitrogens with zero attached hydrogens (tertiary/aromatic N) is 3. The smallest absolute Gasteiger partial charge is 0.287 e. The zero-order valence-corrected chi connectivity index (χ0v) is 15.2. The Morgan fingerprint density at radius 2 is 2.12 bits per heavy atom. The lowest BCUT2D eigenvalue weighted by Gasteiger charge is -2.17. The number of aryl methyl sites for hydroxylation is 3. The molecule has 1 aromatic carbocycles. The number of hydrogen-bond donors (Lipinski definition) is 2. The summed E-state index contributed by atoms with van der Waals surface area (Å²) < 4.78 is 7.29. The van der Waals surface area contributed by atoms with E-state index in [9.17, 15) is 4.79 Å². The Morgan fingerprint density at radius 3 is 2.77 bits per heavy atom. The van der Waals surface area contributed by atoms with Crippen LogP contribution in [0.25, 0.3) is 11.3 Å². The molecule has 0 aliphatic rings. The lowest BCUT2D eigenvalue weighted by atomic mass is 10.0. The molecule has 3 rings (SSSR count). The molecule has 7 heteroatoms. The Morgan fingerprint density at radius 1 is 1.35 bits per heavy atom. The maximum absolute atomic E-state index is 12.6. The summed E-state index contributed by atoms with van der Waals surface area (Å²) in [6, 6.07) is 9.63. The van der Waals surface area contributed by atoms with Crippen molar-refractivity contribution >= 4 is 5.91 Å². The third kappa shape index (κ3) is 3.67. The van der Waals surface area contributed by atoms with Crippen LogP contribution in [0.4, 0.5) is 0 Å². The zero-order chi connectivity index (χ0) is 18.7. The summed E-state index contributed by atoms with van der Waals surface area (Å²) in [5.41, 5.74) is 9.80. The number of furan rings is 1. The van der Waals surface area contributed by atoms with Gasteiger partial charge in [-0.1, -0.05) is 29.5 Å². The number of carbonyl (C=O) groups excluding carboxylic acids is 1. The molecule has 2 aromatic heterocycles. The Bertz CT molecular complexity index is 912. The van der Waals surface area contributed by atoms with E-state index in [1.165, 1.54) is 11.1 Å². The summed E-state index contributed by atoms with van der Waals surface area (Å²) in [6.07, 6.45) is 2.31. The lowest BCUT2D eigenvalue weighted by Crippen LogP contribution is -2.41. The number of amides is 1. The first-order valence-electron chi connectivity index (χ1n) is 8.50. The molecule has 1 atom stereocenters. The molecule has 0 aliphatic heterocycles. The van der Waals surface area contributed by atoms with E-state index in [0.29, 0.717) is 18.7 Å². The average molecular weight is 353 g/mol. The fourth-order valence-corrected chi connectivity index (χ4v) is 2.94. The van der Waals surface area contributed by atoms with Gasteiger partial charge in [0.15, 0.2) is 5.76 Å². The van der Waals surface area contributed by atoms with Crippen LogP contribution in [0.5, 0.6) is 0 Å². The van der Waals surface area contributed by atoms with Crippen molar-refractivity contribution < 1.29 is 9.21 Å². The van der Waals surface area contributed by atoms with E-state index >= 15 is 0 Å². The molecule has 0 saturated heterocycles. The van der Waals surface area contributed by atoms with Crippen molar-refractivity contribution in [1.82, 2.24) is 20.3 Å². The van der Waals surface area contributed by atoms with Crippen LogP contribution in [-0.4, -0.2) is 33.5 Å². The van der Waals surface area contributed by atoms with Gasteiger partial charge in [0.05, 0.1) is 11.9 Å². The highest BCUT2D eigenvalue weighted by Gasteiger charge is 2.20. The summed E-state index contributed by atoms with van der Waals surface area (Å²) in [7, 11) is 1.79. The zero-order valence-electron chi connectivity index (χ0n) is 15.2. The number of carbonyl (C=O) groups is 1. The number of aromatic nitrogens is 3. The summed E-state index contributed by atoms with van der Waals surface area (Å²) >= 11 is 0. The topological polar surface area (TPSA) is 99.0 Å². The van der Waals surface area contributed by atoms with Gasteiger partial charge in [0.2, 0.25) is 0 Å². The van der Waals surface area contributed by atoms with Crippen LogP contribution in [0.3, 0.4) is 0 Å². The lowest BCUT2D eigenvalue weighted by molar-refractivity contribution is 0.0908. The van der Waals surface area contributed by atoms with E-state index in [1.54, 1.807) is 24.0 Å². The SMILES string of the molecule is Cc1ccccc1C[C@@H](CN)NC(=O)c1cc(-c2cnnn2C)c(C)o1. The molecule has 1 amide bonds. The van der Waals surface area contributed by atoms with Crippen molar-refractivity contribution in [1.29, 1.82) is 0 Å². The molecular formula is C19H23N5O2. The van der Waals surface area contributed by atoms with E-state index in [1.807, 2.05) is 19.1 Å². The minimum Gasteiger partial charge on any atom is -0.455 e. The van der Waals surface area contributed by atoms with Crippen LogP contribution in [0.2, 0.25) is 0 Å². The molecule has 0 spiro atoms. The number of rotatable bonds is 6.